The van der Waals surface area contributed by atoms with Crippen LogP contribution in [0.1, 0.15) is 41.5 Å². The monoisotopic (exact) mass is 447 g/mol. The van der Waals surface area contributed by atoms with Crippen molar-refractivity contribution >= 4 is 5.71 Å². The first-order valence-electron chi connectivity index (χ1n) is 10.6. The van der Waals surface area contributed by atoms with Gasteiger partial charge in [0.05, 0.1) is 6.04 Å². The average Bonchev–Trinajstić information content (AvgIpc) is 3.50. The van der Waals surface area contributed by atoms with E-state index in [1.54, 1.807) is 12.1 Å². The van der Waals surface area contributed by atoms with E-state index in [0.717, 1.165) is 29.7 Å². The summed E-state index contributed by atoms with van der Waals surface area (Å²) < 4.78 is 42.3. The molecule has 0 bridgehead atoms. The van der Waals surface area contributed by atoms with Gasteiger partial charge in [0.1, 0.15) is 0 Å². The second kappa shape index (κ2) is 8.31. The van der Waals surface area contributed by atoms with Crippen LogP contribution in [0.4, 0.5) is 13.2 Å². The van der Waals surface area contributed by atoms with E-state index in [-0.39, 0.29) is 11.9 Å². The molecule has 0 amide bonds. The van der Waals surface area contributed by atoms with Gasteiger partial charge in [-0.05, 0) is 47.6 Å². The molecule has 1 atom stereocenters. The molecule has 1 aromatic heterocycles. The van der Waals surface area contributed by atoms with Crippen molar-refractivity contribution in [3.8, 4) is 22.5 Å². The van der Waals surface area contributed by atoms with E-state index in [4.69, 9.17) is 4.99 Å². The highest BCUT2D eigenvalue weighted by molar-refractivity contribution is 6.02. The van der Waals surface area contributed by atoms with Gasteiger partial charge in [-0.1, -0.05) is 78.0 Å². The SMILES string of the molecule is Cc1ccccc1C1=NC(c2ccc(-c3ccc(-c4noc(C(F)(F)F)n4)cc3)cc2)CC1. The summed E-state index contributed by atoms with van der Waals surface area (Å²) in [5.74, 6) is -1.44. The number of hydrogen-bond acceptors (Lipinski definition) is 4. The van der Waals surface area contributed by atoms with E-state index in [1.165, 1.54) is 16.7 Å². The van der Waals surface area contributed by atoms with Crippen LogP contribution < -0.4 is 0 Å². The van der Waals surface area contributed by atoms with E-state index < -0.39 is 12.1 Å². The van der Waals surface area contributed by atoms with Crippen molar-refractivity contribution in [2.75, 3.05) is 0 Å². The number of nitrogens with zero attached hydrogens (tertiary/aromatic N) is 3. The maximum absolute atomic E-state index is 12.7. The Morgan fingerprint density at radius 3 is 2.12 bits per heavy atom. The Morgan fingerprint density at radius 1 is 0.848 bits per heavy atom. The normalized spacial score (nSPS) is 16.1. The predicted molar refractivity (Wildman–Crippen MR) is 120 cm³/mol. The van der Waals surface area contributed by atoms with Gasteiger partial charge in [0, 0.05) is 11.3 Å². The molecule has 2 heterocycles. The highest BCUT2D eigenvalue weighted by Crippen LogP contribution is 2.34. The predicted octanol–water partition coefficient (Wildman–Crippen LogP) is 7.06. The summed E-state index contributed by atoms with van der Waals surface area (Å²) in [7, 11) is 0. The lowest BCUT2D eigenvalue weighted by atomic mass is 9.98. The number of alkyl halides is 3. The third-order valence-electron chi connectivity index (χ3n) is 5.86. The molecule has 1 aliphatic rings. The van der Waals surface area contributed by atoms with E-state index in [9.17, 15) is 13.2 Å². The average molecular weight is 447 g/mol. The minimum Gasteiger partial charge on any atom is -0.329 e. The van der Waals surface area contributed by atoms with E-state index in [2.05, 4.69) is 45.9 Å². The Labute approximate surface area is 188 Å². The van der Waals surface area contributed by atoms with Gasteiger partial charge in [0.15, 0.2) is 0 Å². The van der Waals surface area contributed by atoms with Crippen LogP contribution in [-0.2, 0) is 6.18 Å². The number of halogens is 3. The molecule has 0 saturated heterocycles. The van der Waals surface area contributed by atoms with Gasteiger partial charge in [0.2, 0.25) is 5.82 Å². The number of aryl methyl sites for hydroxylation is 1. The summed E-state index contributed by atoms with van der Waals surface area (Å²) in [4.78, 5) is 8.40. The van der Waals surface area contributed by atoms with Crippen LogP contribution >= 0.6 is 0 Å². The summed E-state index contributed by atoms with van der Waals surface area (Å²) in [6, 6.07) is 23.8. The Kier molecular flexibility index (Phi) is 5.32. The molecule has 1 aliphatic heterocycles. The van der Waals surface area contributed by atoms with Gasteiger partial charge in [-0.25, -0.2) is 0 Å². The van der Waals surface area contributed by atoms with Crippen molar-refractivity contribution in [2.45, 2.75) is 32.0 Å². The topological polar surface area (TPSA) is 51.3 Å². The van der Waals surface area contributed by atoms with E-state index >= 15 is 0 Å². The molecule has 1 unspecified atom stereocenters. The number of rotatable bonds is 4. The fourth-order valence-electron chi connectivity index (χ4n) is 4.10. The molecule has 7 heteroatoms. The molecular weight excluding hydrogens is 427 g/mol. The van der Waals surface area contributed by atoms with Crippen molar-refractivity contribution in [3.63, 3.8) is 0 Å². The van der Waals surface area contributed by atoms with Crippen LogP contribution in [-0.4, -0.2) is 15.9 Å². The fourth-order valence-corrected chi connectivity index (χ4v) is 4.10. The van der Waals surface area contributed by atoms with Gasteiger partial charge >= 0.3 is 12.1 Å². The first kappa shape index (κ1) is 21.1. The molecule has 0 fully saturated rings. The van der Waals surface area contributed by atoms with Crippen molar-refractivity contribution in [3.05, 3.63) is 95.4 Å². The van der Waals surface area contributed by atoms with Crippen molar-refractivity contribution < 1.29 is 17.7 Å². The van der Waals surface area contributed by atoms with Crippen LogP contribution in [0.15, 0.2) is 82.3 Å². The Balaban J connectivity index is 1.32. The molecule has 4 aromatic rings. The highest BCUT2D eigenvalue weighted by Gasteiger charge is 2.38. The van der Waals surface area contributed by atoms with E-state index in [1.807, 2.05) is 36.4 Å². The second-order valence-corrected chi connectivity index (χ2v) is 8.07. The van der Waals surface area contributed by atoms with Gasteiger partial charge in [0.25, 0.3) is 0 Å². The minimum atomic E-state index is -4.66. The lowest BCUT2D eigenvalue weighted by molar-refractivity contribution is -0.159. The maximum atomic E-state index is 12.7. The molecule has 3 aromatic carbocycles. The quantitative estimate of drug-likeness (QED) is 0.337. The molecule has 0 radical (unpaired) electrons. The Bertz CT molecular complexity index is 1310. The molecule has 5 rings (SSSR count). The lowest BCUT2D eigenvalue weighted by Crippen LogP contribution is -2.04. The zero-order chi connectivity index (χ0) is 23.0. The summed E-state index contributed by atoms with van der Waals surface area (Å²) in [5, 5.41) is 3.43. The third-order valence-corrected chi connectivity index (χ3v) is 5.86. The zero-order valence-corrected chi connectivity index (χ0v) is 17.8. The third kappa shape index (κ3) is 4.31. The van der Waals surface area contributed by atoms with Gasteiger partial charge < -0.3 is 4.52 Å². The van der Waals surface area contributed by atoms with Crippen molar-refractivity contribution in [1.29, 1.82) is 0 Å². The molecule has 33 heavy (non-hydrogen) atoms. The first-order chi connectivity index (χ1) is 15.9. The molecule has 4 nitrogen and oxygen atoms in total. The van der Waals surface area contributed by atoms with Crippen LogP contribution in [0.2, 0.25) is 0 Å². The maximum Gasteiger partial charge on any atom is 0.471 e. The standard InChI is InChI=1S/C26H20F3N3O/c1-16-4-2-3-5-21(16)23-15-14-22(30-23)19-10-6-17(7-11-19)18-8-12-20(13-9-18)24-31-25(33-32-24)26(27,28)29/h2-13,22H,14-15H2,1H3. The number of benzene rings is 3. The molecule has 0 spiro atoms. The minimum absolute atomic E-state index is 0.0900. The highest BCUT2D eigenvalue weighted by atomic mass is 19.4. The largest absolute Gasteiger partial charge is 0.471 e. The summed E-state index contributed by atoms with van der Waals surface area (Å²) in [6.07, 6.45) is -2.70. The molecule has 166 valence electrons. The van der Waals surface area contributed by atoms with Gasteiger partial charge in [-0.3, -0.25) is 4.99 Å². The number of hydrogen-bond donors (Lipinski definition) is 0. The number of aromatic nitrogens is 2. The zero-order valence-electron chi connectivity index (χ0n) is 17.8. The van der Waals surface area contributed by atoms with Crippen molar-refractivity contribution in [1.82, 2.24) is 10.1 Å². The Hall–Kier alpha value is -3.74. The van der Waals surface area contributed by atoms with Crippen LogP contribution in [0.3, 0.4) is 0 Å². The smallest absolute Gasteiger partial charge is 0.329 e. The summed E-state index contributed by atoms with van der Waals surface area (Å²) >= 11 is 0. The van der Waals surface area contributed by atoms with Crippen molar-refractivity contribution in [2.24, 2.45) is 4.99 Å². The van der Waals surface area contributed by atoms with Gasteiger partial charge in [-0.15, -0.1) is 0 Å². The fraction of sp³-hybridized carbons (Fsp3) is 0.192. The van der Waals surface area contributed by atoms with E-state index in [0.29, 0.717) is 5.56 Å². The van der Waals surface area contributed by atoms with Gasteiger partial charge in [-0.2, -0.15) is 18.2 Å². The van der Waals surface area contributed by atoms with Crippen LogP contribution in [0.25, 0.3) is 22.5 Å². The first-order valence-corrected chi connectivity index (χ1v) is 10.6. The van der Waals surface area contributed by atoms with Crippen LogP contribution in [0.5, 0.6) is 0 Å². The van der Waals surface area contributed by atoms with Crippen LogP contribution in [0, 0.1) is 6.92 Å². The molecule has 0 N–H and O–H groups in total. The molecular formula is C26H20F3N3O. The second-order valence-electron chi connectivity index (χ2n) is 8.07. The summed E-state index contributed by atoms with van der Waals surface area (Å²) in [5.41, 5.74) is 7.21. The molecule has 0 aliphatic carbocycles. The summed E-state index contributed by atoms with van der Waals surface area (Å²) in [6.45, 7) is 2.11. The Morgan fingerprint density at radius 2 is 1.48 bits per heavy atom. The number of aliphatic imine (C=N–C) groups is 1. The lowest BCUT2D eigenvalue weighted by Gasteiger charge is -2.09. The molecule has 0 saturated carbocycles.